The maximum atomic E-state index is 11.6. The molecule has 1 N–H and O–H groups in total. The van der Waals surface area contributed by atoms with Gasteiger partial charge in [0, 0.05) is 11.1 Å². The number of benzene rings is 1. The van der Waals surface area contributed by atoms with Gasteiger partial charge < -0.3 is 5.11 Å². The number of carboxylic acids is 1. The standard InChI is InChI=1S/C14H18ClNO2/c1-10-6-4-5-9-16(10)13(14(17)18)11-7-2-3-8-12(11)15/h2-3,7-8,10,13H,4-6,9H2,1H3,(H,17,18). The maximum absolute atomic E-state index is 11.6. The van der Waals surface area contributed by atoms with Crippen molar-refractivity contribution in [3.05, 3.63) is 34.9 Å². The molecular formula is C14H18ClNO2. The summed E-state index contributed by atoms with van der Waals surface area (Å²) in [5.41, 5.74) is 0.695. The number of carboxylic acid groups (broad SMARTS) is 1. The Morgan fingerprint density at radius 1 is 1.44 bits per heavy atom. The van der Waals surface area contributed by atoms with E-state index in [0.717, 1.165) is 19.4 Å². The van der Waals surface area contributed by atoms with Crippen LogP contribution in [0.2, 0.25) is 5.02 Å². The van der Waals surface area contributed by atoms with Gasteiger partial charge in [-0.15, -0.1) is 0 Å². The summed E-state index contributed by atoms with van der Waals surface area (Å²) in [7, 11) is 0. The highest BCUT2D eigenvalue weighted by Gasteiger charge is 2.33. The van der Waals surface area contributed by atoms with Crippen LogP contribution in [0.15, 0.2) is 24.3 Å². The van der Waals surface area contributed by atoms with Gasteiger partial charge in [-0.2, -0.15) is 0 Å². The number of hydrogen-bond acceptors (Lipinski definition) is 2. The third kappa shape index (κ3) is 2.68. The van der Waals surface area contributed by atoms with Crippen LogP contribution in [0.3, 0.4) is 0 Å². The fourth-order valence-electron chi connectivity index (χ4n) is 2.65. The fraction of sp³-hybridized carbons (Fsp3) is 0.500. The zero-order valence-corrected chi connectivity index (χ0v) is 11.2. The zero-order valence-electron chi connectivity index (χ0n) is 10.5. The topological polar surface area (TPSA) is 40.5 Å². The van der Waals surface area contributed by atoms with Gasteiger partial charge in [0.2, 0.25) is 0 Å². The predicted molar refractivity (Wildman–Crippen MR) is 71.8 cm³/mol. The van der Waals surface area contributed by atoms with Crippen molar-refractivity contribution in [3.63, 3.8) is 0 Å². The van der Waals surface area contributed by atoms with Crippen molar-refractivity contribution >= 4 is 17.6 Å². The molecule has 0 amide bonds. The predicted octanol–water partition coefficient (Wildman–Crippen LogP) is 3.34. The lowest BCUT2D eigenvalue weighted by atomic mass is 9.97. The highest BCUT2D eigenvalue weighted by Crippen LogP contribution is 2.32. The van der Waals surface area contributed by atoms with Crippen LogP contribution in [0.5, 0.6) is 0 Å². The second-order valence-electron chi connectivity index (χ2n) is 4.84. The quantitative estimate of drug-likeness (QED) is 0.913. The summed E-state index contributed by atoms with van der Waals surface area (Å²) in [5, 5.41) is 10.1. The van der Waals surface area contributed by atoms with Gasteiger partial charge >= 0.3 is 5.97 Å². The molecule has 98 valence electrons. The van der Waals surface area contributed by atoms with Crippen molar-refractivity contribution in [2.24, 2.45) is 0 Å². The molecule has 4 heteroatoms. The van der Waals surface area contributed by atoms with E-state index in [2.05, 4.69) is 6.92 Å². The van der Waals surface area contributed by atoms with E-state index in [1.165, 1.54) is 6.42 Å². The van der Waals surface area contributed by atoms with E-state index in [1.54, 1.807) is 6.07 Å². The van der Waals surface area contributed by atoms with Crippen molar-refractivity contribution in [2.75, 3.05) is 6.54 Å². The molecule has 2 unspecified atom stereocenters. The number of likely N-dealkylation sites (tertiary alicyclic amines) is 1. The fourth-order valence-corrected chi connectivity index (χ4v) is 2.89. The number of rotatable bonds is 3. The van der Waals surface area contributed by atoms with E-state index in [9.17, 15) is 9.90 Å². The molecule has 1 fully saturated rings. The molecular weight excluding hydrogens is 250 g/mol. The summed E-state index contributed by atoms with van der Waals surface area (Å²) in [6.07, 6.45) is 3.28. The monoisotopic (exact) mass is 267 g/mol. The molecule has 1 aromatic rings. The smallest absolute Gasteiger partial charge is 0.325 e. The molecule has 1 aliphatic heterocycles. The molecule has 0 bridgehead atoms. The molecule has 1 saturated heterocycles. The van der Waals surface area contributed by atoms with Gasteiger partial charge in [0.25, 0.3) is 0 Å². The lowest BCUT2D eigenvalue weighted by molar-refractivity contribution is -0.145. The van der Waals surface area contributed by atoms with Gasteiger partial charge in [-0.3, -0.25) is 9.69 Å². The summed E-state index contributed by atoms with van der Waals surface area (Å²) >= 11 is 6.14. The van der Waals surface area contributed by atoms with Crippen molar-refractivity contribution in [2.45, 2.75) is 38.3 Å². The Hall–Kier alpha value is -1.06. The van der Waals surface area contributed by atoms with E-state index in [0.29, 0.717) is 10.6 Å². The third-order valence-electron chi connectivity index (χ3n) is 3.62. The number of aliphatic carboxylic acids is 1. The van der Waals surface area contributed by atoms with Gasteiger partial charge in [0.15, 0.2) is 0 Å². The summed E-state index contributed by atoms with van der Waals surface area (Å²) in [6, 6.07) is 6.88. The van der Waals surface area contributed by atoms with E-state index < -0.39 is 12.0 Å². The highest BCUT2D eigenvalue weighted by atomic mass is 35.5. The van der Waals surface area contributed by atoms with Gasteiger partial charge in [-0.1, -0.05) is 36.2 Å². The van der Waals surface area contributed by atoms with Gasteiger partial charge in [0.05, 0.1) is 0 Å². The number of hydrogen-bond donors (Lipinski definition) is 1. The van der Waals surface area contributed by atoms with Crippen LogP contribution in [0.25, 0.3) is 0 Å². The summed E-state index contributed by atoms with van der Waals surface area (Å²) in [4.78, 5) is 13.6. The minimum atomic E-state index is -0.822. The van der Waals surface area contributed by atoms with Crippen LogP contribution >= 0.6 is 11.6 Å². The van der Waals surface area contributed by atoms with Gasteiger partial charge in [0.1, 0.15) is 6.04 Å². The summed E-state index contributed by atoms with van der Waals surface area (Å²) in [5.74, 6) is -0.822. The Balaban J connectivity index is 2.34. The average Bonchev–Trinajstić information content (AvgIpc) is 2.34. The minimum absolute atomic E-state index is 0.288. The molecule has 0 saturated carbocycles. The first-order valence-electron chi connectivity index (χ1n) is 6.34. The largest absolute Gasteiger partial charge is 0.480 e. The maximum Gasteiger partial charge on any atom is 0.325 e. The molecule has 1 aliphatic rings. The van der Waals surface area contributed by atoms with Crippen molar-refractivity contribution < 1.29 is 9.90 Å². The van der Waals surface area contributed by atoms with E-state index >= 15 is 0 Å². The summed E-state index contributed by atoms with van der Waals surface area (Å²) < 4.78 is 0. The summed E-state index contributed by atoms with van der Waals surface area (Å²) in [6.45, 7) is 2.91. The van der Waals surface area contributed by atoms with Gasteiger partial charge in [-0.25, -0.2) is 0 Å². The number of halogens is 1. The molecule has 0 spiro atoms. The second kappa shape index (κ2) is 5.72. The number of carbonyl (C=O) groups is 1. The first kappa shape index (κ1) is 13.4. The van der Waals surface area contributed by atoms with Crippen LogP contribution in [-0.4, -0.2) is 28.6 Å². The molecule has 1 heterocycles. The Kier molecular flexibility index (Phi) is 4.25. The second-order valence-corrected chi connectivity index (χ2v) is 5.25. The first-order valence-corrected chi connectivity index (χ1v) is 6.72. The molecule has 2 atom stereocenters. The van der Waals surface area contributed by atoms with Crippen molar-refractivity contribution in [1.82, 2.24) is 4.90 Å². The Morgan fingerprint density at radius 2 is 2.17 bits per heavy atom. The van der Waals surface area contributed by atoms with Crippen LogP contribution in [-0.2, 0) is 4.79 Å². The van der Waals surface area contributed by atoms with Crippen molar-refractivity contribution in [3.8, 4) is 0 Å². The first-order chi connectivity index (χ1) is 8.61. The average molecular weight is 268 g/mol. The molecule has 18 heavy (non-hydrogen) atoms. The number of piperidine rings is 1. The molecule has 2 rings (SSSR count). The molecule has 0 radical (unpaired) electrons. The Labute approximate surface area is 112 Å². The van der Waals surface area contributed by atoms with Gasteiger partial charge in [-0.05, 0) is 37.9 Å². The Morgan fingerprint density at radius 3 is 2.78 bits per heavy atom. The minimum Gasteiger partial charge on any atom is -0.480 e. The van der Waals surface area contributed by atoms with E-state index in [-0.39, 0.29) is 6.04 Å². The highest BCUT2D eigenvalue weighted by molar-refractivity contribution is 6.31. The lowest BCUT2D eigenvalue weighted by Crippen LogP contribution is -2.43. The van der Waals surface area contributed by atoms with E-state index in [4.69, 9.17) is 11.6 Å². The van der Waals surface area contributed by atoms with Crippen LogP contribution in [0.4, 0.5) is 0 Å². The zero-order chi connectivity index (χ0) is 13.1. The SMILES string of the molecule is CC1CCCCN1C(C(=O)O)c1ccccc1Cl. The number of nitrogens with zero attached hydrogens (tertiary/aromatic N) is 1. The molecule has 3 nitrogen and oxygen atoms in total. The molecule has 0 aromatic heterocycles. The van der Waals surface area contributed by atoms with E-state index in [1.807, 2.05) is 23.1 Å². The molecule has 1 aromatic carbocycles. The lowest BCUT2D eigenvalue weighted by Gasteiger charge is -2.38. The van der Waals surface area contributed by atoms with Crippen molar-refractivity contribution in [1.29, 1.82) is 0 Å². The van der Waals surface area contributed by atoms with Crippen LogP contribution in [0, 0.1) is 0 Å². The molecule has 0 aliphatic carbocycles. The third-order valence-corrected chi connectivity index (χ3v) is 3.96. The normalized spacial score (nSPS) is 22.7. The van der Waals surface area contributed by atoms with Crippen LogP contribution < -0.4 is 0 Å². The Bertz CT molecular complexity index is 436. The van der Waals surface area contributed by atoms with Crippen LogP contribution in [0.1, 0.15) is 37.8 Å².